The Balaban J connectivity index is 2.26. The van der Waals surface area contributed by atoms with E-state index in [0.29, 0.717) is 24.6 Å². The molecule has 1 saturated carbocycles. The van der Waals surface area contributed by atoms with E-state index in [1.807, 2.05) is 6.07 Å². The van der Waals surface area contributed by atoms with E-state index in [0.717, 1.165) is 18.5 Å². The van der Waals surface area contributed by atoms with E-state index in [1.165, 1.54) is 17.5 Å². The minimum atomic E-state index is -0.183. The molecule has 86 valence electrons. The first-order chi connectivity index (χ1) is 7.74. The summed E-state index contributed by atoms with van der Waals surface area (Å²) in [4.78, 5) is 11.7. The van der Waals surface area contributed by atoms with Gasteiger partial charge < -0.3 is 5.73 Å². The Hall–Kier alpha value is -1.70. The molecule has 1 aromatic heterocycles. The van der Waals surface area contributed by atoms with Crippen LogP contribution in [0.4, 0.5) is 5.69 Å². The molecule has 1 heterocycles. The van der Waals surface area contributed by atoms with E-state index in [9.17, 15) is 4.79 Å². The minimum absolute atomic E-state index is 0.183. The van der Waals surface area contributed by atoms with E-state index in [2.05, 4.69) is 5.10 Å². The van der Waals surface area contributed by atoms with Crippen molar-refractivity contribution >= 4 is 5.69 Å². The summed E-state index contributed by atoms with van der Waals surface area (Å²) in [5.74, 6) is 0.399. The molecule has 3 N–H and O–H groups in total. The standard InChI is InChI=1S/C11H16N4O/c12-6-3-7-15-11(16)9(13)10(14-15)8-4-1-2-5-8/h8,14H,1-5,7,13H2. The molecule has 1 aromatic rings. The van der Waals surface area contributed by atoms with Gasteiger partial charge in [-0.1, -0.05) is 12.8 Å². The summed E-state index contributed by atoms with van der Waals surface area (Å²) in [7, 11) is 0. The van der Waals surface area contributed by atoms with Gasteiger partial charge in [0.15, 0.2) is 0 Å². The number of nitrogens with zero attached hydrogens (tertiary/aromatic N) is 2. The van der Waals surface area contributed by atoms with Crippen molar-refractivity contribution in [3.8, 4) is 6.07 Å². The second kappa shape index (κ2) is 4.44. The fraction of sp³-hybridized carbons (Fsp3) is 0.636. The molecule has 0 amide bonds. The van der Waals surface area contributed by atoms with Crippen molar-refractivity contribution in [1.82, 2.24) is 9.78 Å². The Bertz CT molecular complexity index is 459. The predicted octanol–water partition coefficient (Wildman–Crippen LogP) is 1.33. The monoisotopic (exact) mass is 220 g/mol. The number of hydrogen-bond acceptors (Lipinski definition) is 3. The first-order valence-corrected chi connectivity index (χ1v) is 5.69. The molecule has 2 rings (SSSR count). The van der Waals surface area contributed by atoms with E-state index in [1.54, 1.807) is 0 Å². The van der Waals surface area contributed by atoms with Crippen molar-refractivity contribution in [2.45, 2.75) is 44.6 Å². The number of nitrogen functional groups attached to an aromatic ring is 1. The van der Waals surface area contributed by atoms with Crippen LogP contribution in [0.3, 0.4) is 0 Å². The van der Waals surface area contributed by atoms with Crippen molar-refractivity contribution in [2.24, 2.45) is 0 Å². The normalized spacial score (nSPS) is 16.4. The van der Waals surface area contributed by atoms with Crippen LogP contribution in [0.1, 0.15) is 43.7 Å². The Morgan fingerprint density at radius 2 is 2.19 bits per heavy atom. The topological polar surface area (TPSA) is 87.6 Å². The number of anilines is 1. The molecule has 0 spiro atoms. The zero-order valence-electron chi connectivity index (χ0n) is 9.20. The molecule has 0 bridgehead atoms. The number of aryl methyl sites for hydroxylation is 1. The highest BCUT2D eigenvalue weighted by Crippen LogP contribution is 2.34. The van der Waals surface area contributed by atoms with Crippen LogP contribution in [0, 0.1) is 11.3 Å². The van der Waals surface area contributed by atoms with Crippen LogP contribution in [0.2, 0.25) is 0 Å². The van der Waals surface area contributed by atoms with Crippen LogP contribution in [-0.2, 0) is 6.54 Å². The number of nitrogens with two attached hydrogens (primary N) is 1. The highest BCUT2D eigenvalue weighted by molar-refractivity contribution is 5.43. The molecule has 0 aromatic carbocycles. The summed E-state index contributed by atoms with van der Waals surface area (Å²) in [6, 6.07) is 2.02. The third-order valence-corrected chi connectivity index (χ3v) is 3.23. The molecule has 0 saturated heterocycles. The Labute approximate surface area is 93.8 Å². The smallest absolute Gasteiger partial charge is 0.289 e. The Morgan fingerprint density at radius 3 is 2.81 bits per heavy atom. The van der Waals surface area contributed by atoms with Gasteiger partial charge in [-0.05, 0) is 12.8 Å². The van der Waals surface area contributed by atoms with Crippen LogP contribution in [-0.4, -0.2) is 9.78 Å². The summed E-state index contributed by atoms with van der Waals surface area (Å²) in [5.41, 5.74) is 6.84. The predicted molar refractivity (Wildman–Crippen MR) is 60.9 cm³/mol. The molecule has 1 aliphatic rings. The quantitative estimate of drug-likeness (QED) is 0.805. The number of hydrogen-bond donors (Lipinski definition) is 2. The Kier molecular flexibility index (Phi) is 3.00. The van der Waals surface area contributed by atoms with Gasteiger partial charge in [0, 0.05) is 5.92 Å². The molecule has 1 fully saturated rings. The second-order valence-corrected chi connectivity index (χ2v) is 4.29. The van der Waals surface area contributed by atoms with Gasteiger partial charge in [-0.3, -0.25) is 14.6 Å². The zero-order chi connectivity index (χ0) is 11.5. The molecular weight excluding hydrogens is 204 g/mol. The number of aromatic amines is 1. The second-order valence-electron chi connectivity index (χ2n) is 4.29. The van der Waals surface area contributed by atoms with E-state index in [-0.39, 0.29) is 5.56 Å². The van der Waals surface area contributed by atoms with Gasteiger partial charge in [-0.25, -0.2) is 0 Å². The van der Waals surface area contributed by atoms with Gasteiger partial charge >= 0.3 is 0 Å². The molecule has 0 unspecified atom stereocenters. The largest absolute Gasteiger partial charge is 0.393 e. The van der Waals surface area contributed by atoms with Crippen LogP contribution in [0.25, 0.3) is 0 Å². The van der Waals surface area contributed by atoms with Crippen molar-refractivity contribution in [3.63, 3.8) is 0 Å². The molecule has 1 aliphatic carbocycles. The molecule has 5 heteroatoms. The number of rotatable bonds is 3. The summed E-state index contributed by atoms with van der Waals surface area (Å²) in [6.07, 6.45) is 4.93. The number of nitrogens with one attached hydrogen (secondary N) is 1. The van der Waals surface area contributed by atoms with Gasteiger partial charge in [-0.15, -0.1) is 0 Å². The molecule has 0 aliphatic heterocycles. The van der Waals surface area contributed by atoms with Crippen LogP contribution in [0.15, 0.2) is 4.79 Å². The summed E-state index contributed by atoms with van der Waals surface area (Å²) < 4.78 is 1.45. The van der Waals surface area contributed by atoms with Gasteiger partial charge in [0.25, 0.3) is 5.56 Å². The van der Waals surface area contributed by atoms with Crippen LogP contribution >= 0.6 is 0 Å². The van der Waals surface area contributed by atoms with Crippen molar-refractivity contribution < 1.29 is 0 Å². The zero-order valence-corrected chi connectivity index (χ0v) is 9.20. The van der Waals surface area contributed by atoms with Crippen LogP contribution < -0.4 is 11.3 Å². The van der Waals surface area contributed by atoms with Crippen molar-refractivity contribution in [2.75, 3.05) is 5.73 Å². The van der Waals surface area contributed by atoms with E-state index in [4.69, 9.17) is 11.0 Å². The van der Waals surface area contributed by atoms with E-state index < -0.39 is 0 Å². The summed E-state index contributed by atoms with van der Waals surface area (Å²) in [5, 5.41) is 11.6. The average Bonchev–Trinajstić information content (AvgIpc) is 2.88. The van der Waals surface area contributed by atoms with Gasteiger partial charge in [0.2, 0.25) is 0 Å². The van der Waals surface area contributed by atoms with E-state index >= 15 is 0 Å². The summed E-state index contributed by atoms with van der Waals surface area (Å²) >= 11 is 0. The lowest BCUT2D eigenvalue weighted by Gasteiger charge is -2.06. The summed E-state index contributed by atoms with van der Waals surface area (Å²) in [6.45, 7) is 0.395. The van der Waals surface area contributed by atoms with Crippen molar-refractivity contribution in [3.05, 3.63) is 16.0 Å². The molecule has 0 radical (unpaired) electrons. The SMILES string of the molecule is N#CCCn1[nH]c(C2CCCC2)c(N)c1=O. The maximum atomic E-state index is 11.7. The lowest BCUT2D eigenvalue weighted by Crippen LogP contribution is -2.18. The fourth-order valence-corrected chi connectivity index (χ4v) is 2.36. The average molecular weight is 220 g/mol. The number of aromatic nitrogens is 2. The number of nitriles is 1. The van der Waals surface area contributed by atoms with Gasteiger partial charge in [0.05, 0.1) is 24.7 Å². The maximum absolute atomic E-state index is 11.7. The number of H-pyrrole nitrogens is 1. The van der Waals surface area contributed by atoms with Gasteiger partial charge in [0.1, 0.15) is 5.69 Å². The molecular formula is C11H16N4O. The fourth-order valence-electron chi connectivity index (χ4n) is 2.36. The van der Waals surface area contributed by atoms with Crippen molar-refractivity contribution in [1.29, 1.82) is 5.26 Å². The molecule has 5 nitrogen and oxygen atoms in total. The first-order valence-electron chi connectivity index (χ1n) is 5.69. The first kappa shape index (κ1) is 10.8. The Morgan fingerprint density at radius 1 is 1.50 bits per heavy atom. The lowest BCUT2D eigenvalue weighted by molar-refractivity contribution is 0.581. The maximum Gasteiger partial charge on any atom is 0.289 e. The third kappa shape index (κ3) is 1.83. The third-order valence-electron chi connectivity index (χ3n) is 3.23. The van der Waals surface area contributed by atoms with Crippen LogP contribution in [0.5, 0.6) is 0 Å². The molecule has 0 atom stereocenters. The minimum Gasteiger partial charge on any atom is -0.393 e. The molecule has 16 heavy (non-hydrogen) atoms. The highest BCUT2D eigenvalue weighted by atomic mass is 16.1. The van der Waals surface area contributed by atoms with Gasteiger partial charge in [-0.2, -0.15) is 5.26 Å². The lowest BCUT2D eigenvalue weighted by atomic mass is 10.0. The highest BCUT2D eigenvalue weighted by Gasteiger charge is 2.23.